The second kappa shape index (κ2) is 13.8. The van der Waals surface area contributed by atoms with Gasteiger partial charge in [-0.05, 0) is 18.2 Å². The Balaban J connectivity index is 1.89. The second-order valence-corrected chi connectivity index (χ2v) is 9.77. The number of nitrogens with zero attached hydrogens (tertiary/aromatic N) is 6. The Morgan fingerprint density at radius 2 is 1.04 bits per heavy atom. The lowest BCUT2D eigenvalue weighted by atomic mass is 9.93. The number of nitro benzene ring substituents is 6. The highest BCUT2D eigenvalue weighted by molar-refractivity contribution is 5.68. The van der Waals surface area contributed by atoms with E-state index in [4.69, 9.17) is 9.47 Å². The Kier molecular flexibility index (Phi) is 9.81. The Hall–Kier alpha value is -6.66. The summed E-state index contributed by atoms with van der Waals surface area (Å²) in [6.45, 7) is -0.964. The van der Waals surface area contributed by atoms with Gasteiger partial charge in [0.05, 0.1) is 60.4 Å². The monoisotopic (exact) mass is 676 g/mol. The molecule has 3 aromatic rings. The van der Waals surface area contributed by atoms with Crippen LogP contribution in [0.5, 0.6) is 5.75 Å². The van der Waals surface area contributed by atoms with E-state index in [1.165, 1.54) is 0 Å². The zero-order chi connectivity index (χ0) is 35.4. The molecule has 24 nitrogen and oxygen atoms in total. The number of hydrogen-bond donors (Lipinski definition) is 4. The van der Waals surface area contributed by atoms with Crippen LogP contribution in [-0.4, -0.2) is 76.9 Å². The molecule has 3 aromatic carbocycles. The summed E-state index contributed by atoms with van der Waals surface area (Å²) in [5, 5.41) is 95.6. The van der Waals surface area contributed by atoms with E-state index in [-0.39, 0.29) is 0 Å². The molecule has 0 saturated carbocycles. The maximum Gasteiger partial charge on any atom is 0.317 e. The lowest BCUT2D eigenvalue weighted by Crippen LogP contribution is -2.65. The van der Waals surface area contributed by atoms with Gasteiger partial charge in [0.1, 0.15) is 29.6 Å². The van der Waals surface area contributed by atoms with E-state index in [9.17, 15) is 70.9 Å². The van der Waals surface area contributed by atoms with Crippen LogP contribution < -0.4 is 15.4 Å². The zero-order valence-corrected chi connectivity index (χ0v) is 23.6. The number of benzene rings is 3. The van der Waals surface area contributed by atoms with Crippen LogP contribution in [0.1, 0.15) is 0 Å². The Bertz CT molecular complexity index is 1820. The zero-order valence-electron chi connectivity index (χ0n) is 23.6. The van der Waals surface area contributed by atoms with Crippen LogP contribution >= 0.6 is 0 Å². The first-order chi connectivity index (χ1) is 22.6. The van der Waals surface area contributed by atoms with Crippen molar-refractivity contribution in [1.29, 1.82) is 0 Å². The molecule has 0 amide bonds. The number of ether oxygens (including phenoxy) is 2. The molecule has 48 heavy (non-hydrogen) atoms. The number of rotatable bonds is 13. The second-order valence-electron chi connectivity index (χ2n) is 9.77. The molecule has 1 heterocycles. The molecule has 1 saturated heterocycles. The van der Waals surface area contributed by atoms with Crippen LogP contribution in [0.2, 0.25) is 0 Å². The molecule has 1 aliphatic heterocycles. The van der Waals surface area contributed by atoms with E-state index in [1.807, 2.05) is 0 Å². The molecule has 0 aliphatic carbocycles. The van der Waals surface area contributed by atoms with Crippen LogP contribution in [0.15, 0.2) is 54.6 Å². The third-order valence-corrected chi connectivity index (χ3v) is 6.93. The van der Waals surface area contributed by atoms with E-state index in [0.29, 0.717) is 18.2 Å². The third kappa shape index (κ3) is 7.09. The Morgan fingerprint density at radius 3 is 1.46 bits per heavy atom. The molecule has 24 heteroatoms. The van der Waals surface area contributed by atoms with E-state index in [1.54, 1.807) is 0 Å². The highest BCUT2D eigenvalue weighted by atomic mass is 16.7. The summed E-state index contributed by atoms with van der Waals surface area (Å²) in [6.07, 6.45) is -5.41. The predicted molar refractivity (Wildman–Crippen MR) is 156 cm³/mol. The predicted octanol–water partition coefficient (Wildman–Crippen LogP) is 2.55. The van der Waals surface area contributed by atoms with Gasteiger partial charge in [0.15, 0.2) is 0 Å². The average molecular weight is 676 g/mol. The third-order valence-electron chi connectivity index (χ3n) is 6.93. The molecule has 252 valence electrons. The number of nitro groups is 6. The first kappa shape index (κ1) is 34.2. The smallest absolute Gasteiger partial charge is 0.317 e. The van der Waals surface area contributed by atoms with Gasteiger partial charge in [-0.2, -0.15) is 0 Å². The van der Waals surface area contributed by atoms with Crippen molar-refractivity contribution in [2.75, 3.05) is 17.2 Å². The molecule has 0 bridgehead atoms. The number of anilines is 2. The SMILES string of the molecule is O=[N+]([O-])c1ccc(N[C@H]2[C@@H](Oc3ccc([N+](=O)[O-])cc3[N+](=O)[O-])O[C@H](CO)[C@@H](O)[C@@H]2Nc2ccc([N+](=O)[O-])cc2[N+](=O)[O-])c([N+](=O)[O-])c1. The first-order valence-corrected chi connectivity index (χ1v) is 13.1. The maximum absolute atomic E-state index is 11.9. The molecule has 0 unspecified atom stereocenters. The van der Waals surface area contributed by atoms with Crippen molar-refractivity contribution in [2.45, 2.75) is 30.6 Å². The fraction of sp³-hybridized carbons (Fsp3) is 0.250. The summed E-state index contributed by atoms with van der Waals surface area (Å²) in [5.41, 5.74) is -5.70. The van der Waals surface area contributed by atoms with Crippen molar-refractivity contribution >= 4 is 45.5 Å². The van der Waals surface area contributed by atoms with E-state index in [0.717, 1.165) is 36.4 Å². The van der Waals surface area contributed by atoms with Crippen LogP contribution in [0.3, 0.4) is 0 Å². The highest BCUT2D eigenvalue weighted by Gasteiger charge is 2.48. The van der Waals surface area contributed by atoms with Gasteiger partial charge in [0.25, 0.3) is 28.4 Å². The van der Waals surface area contributed by atoms with Crippen LogP contribution in [-0.2, 0) is 4.74 Å². The van der Waals surface area contributed by atoms with Crippen molar-refractivity contribution in [3.05, 3.63) is 115 Å². The van der Waals surface area contributed by atoms with Crippen molar-refractivity contribution in [2.24, 2.45) is 0 Å². The van der Waals surface area contributed by atoms with Gasteiger partial charge in [0, 0.05) is 18.2 Å². The van der Waals surface area contributed by atoms with Crippen molar-refractivity contribution < 1.29 is 49.2 Å². The molecular formula is C24H20N8O16. The molecule has 4 N–H and O–H groups in total. The van der Waals surface area contributed by atoms with E-state index < -0.39 is 118 Å². The number of non-ortho nitro benzene ring substituents is 3. The standard InChI is InChI=1S/C24H20N8O16/c33-10-20-23(34)21(25-14-4-1-11(27(35)36)7-16(14)30(41)42)22(26-15-5-2-12(28(37)38)8-17(15)31(43)44)24(48-20)47-19-6-3-13(29(39)40)9-18(19)32(45)46/h1-9,20-26,33-34H,10H2/t20-,21-,22-,23-,24+/m1/s1. The summed E-state index contributed by atoms with van der Waals surface area (Å²) >= 11 is 0. The van der Waals surface area contributed by atoms with Gasteiger partial charge in [-0.1, -0.05) is 0 Å². The molecule has 0 radical (unpaired) electrons. The summed E-state index contributed by atoms with van der Waals surface area (Å²) in [5.74, 6) is -0.659. The summed E-state index contributed by atoms with van der Waals surface area (Å²) in [7, 11) is 0. The molecule has 0 spiro atoms. The Labute approximate surface area is 264 Å². The summed E-state index contributed by atoms with van der Waals surface area (Å²) in [6, 6.07) is 3.59. The van der Waals surface area contributed by atoms with Crippen LogP contribution in [0, 0.1) is 60.7 Å². The van der Waals surface area contributed by atoms with Gasteiger partial charge < -0.3 is 30.3 Å². The van der Waals surface area contributed by atoms with E-state index >= 15 is 0 Å². The molecule has 1 fully saturated rings. The summed E-state index contributed by atoms with van der Waals surface area (Å²) < 4.78 is 11.3. The van der Waals surface area contributed by atoms with Gasteiger partial charge in [-0.3, -0.25) is 60.7 Å². The fourth-order valence-electron chi connectivity index (χ4n) is 4.69. The lowest BCUT2D eigenvalue weighted by molar-refractivity contribution is -0.395. The quantitative estimate of drug-likeness (QED) is 0.149. The molecule has 1 aliphatic rings. The normalized spacial score (nSPS) is 20.2. The molecule has 5 atom stereocenters. The van der Waals surface area contributed by atoms with E-state index in [2.05, 4.69) is 10.6 Å². The van der Waals surface area contributed by atoms with Gasteiger partial charge in [-0.15, -0.1) is 0 Å². The minimum atomic E-state index is -1.92. The van der Waals surface area contributed by atoms with Crippen LogP contribution in [0.25, 0.3) is 0 Å². The number of aliphatic hydroxyl groups is 2. The maximum atomic E-state index is 11.9. The van der Waals surface area contributed by atoms with Crippen molar-refractivity contribution in [3.8, 4) is 5.75 Å². The minimum absolute atomic E-state index is 0.446. The number of nitrogens with one attached hydrogen (secondary N) is 2. The van der Waals surface area contributed by atoms with Crippen molar-refractivity contribution in [3.63, 3.8) is 0 Å². The average Bonchev–Trinajstić information content (AvgIpc) is 3.03. The minimum Gasteiger partial charge on any atom is -0.455 e. The summed E-state index contributed by atoms with van der Waals surface area (Å²) in [4.78, 5) is 63.4. The molecular weight excluding hydrogens is 656 g/mol. The number of aliphatic hydroxyl groups excluding tert-OH is 2. The molecule has 4 rings (SSSR count). The largest absolute Gasteiger partial charge is 0.455 e. The topological polar surface area (TPSA) is 342 Å². The van der Waals surface area contributed by atoms with Gasteiger partial charge in [-0.25, -0.2) is 0 Å². The lowest BCUT2D eigenvalue weighted by Gasteiger charge is -2.45. The fourth-order valence-corrected chi connectivity index (χ4v) is 4.69. The number of hydrogen-bond acceptors (Lipinski definition) is 18. The van der Waals surface area contributed by atoms with Crippen LogP contribution in [0.4, 0.5) is 45.5 Å². The molecule has 0 aromatic heterocycles. The van der Waals surface area contributed by atoms with Gasteiger partial charge >= 0.3 is 5.69 Å². The van der Waals surface area contributed by atoms with Crippen molar-refractivity contribution in [1.82, 2.24) is 0 Å². The Morgan fingerprint density at radius 1 is 0.625 bits per heavy atom. The first-order valence-electron chi connectivity index (χ1n) is 13.1. The van der Waals surface area contributed by atoms with Gasteiger partial charge in [0.2, 0.25) is 12.0 Å². The highest BCUT2D eigenvalue weighted by Crippen LogP contribution is 2.38.